The summed E-state index contributed by atoms with van der Waals surface area (Å²) in [5.74, 6) is -1.22. The molecule has 0 unspecified atom stereocenters. The molecule has 2 aliphatic rings. The predicted octanol–water partition coefficient (Wildman–Crippen LogP) is 2.67. The number of hydrogen-bond acceptors (Lipinski definition) is 7. The Hall–Kier alpha value is -2.41. The highest BCUT2D eigenvalue weighted by molar-refractivity contribution is 7.89. The maximum atomic E-state index is 13.3. The van der Waals surface area contributed by atoms with E-state index in [1.807, 2.05) is 0 Å². The smallest absolute Gasteiger partial charge is 0.326 e. The van der Waals surface area contributed by atoms with Crippen molar-refractivity contribution >= 4 is 45.1 Å². The van der Waals surface area contributed by atoms with E-state index >= 15 is 0 Å². The number of benzene rings is 2. The number of morpholine rings is 1. The number of sulfonamides is 1. The van der Waals surface area contributed by atoms with Gasteiger partial charge in [-0.05, 0) is 48.7 Å². The quantitative estimate of drug-likeness (QED) is 0.404. The largest absolute Gasteiger partial charge is 0.492 e. The van der Waals surface area contributed by atoms with Gasteiger partial charge in [-0.15, -0.1) is 0 Å². The van der Waals surface area contributed by atoms with Crippen molar-refractivity contribution in [3.8, 4) is 5.75 Å². The Morgan fingerprint density at radius 3 is 2.38 bits per heavy atom. The van der Waals surface area contributed by atoms with Gasteiger partial charge in [0.15, 0.2) is 0 Å². The molecule has 2 aromatic carbocycles. The number of amides is 1. The molecule has 2 N–H and O–H groups in total. The molecular weight excluding hydrogens is 569 g/mol. The lowest BCUT2D eigenvalue weighted by Gasteiger charge is -2.26. The molecule has 2 saturated heterocycles. The number of carbonyl (C=O) groups excluding carboxylic acids is 1. The number of aliphatic carboxylic acids is 1. The fraction of sp³-hybridized carbons (Fsp3) is 0.462. The minimum atomic E-state index is -4.08. The Morgan fingerprint density at radius 2 is 1.74 bits per heavy atom. The Balaban J connectivity index is 1.36. The van der Waals surface area contributed by atoms with Crippen LogP contribution in [0.15, 0.2) is 47.4 Å². The normalized spacial score (nSPS) is 19.5. The fourth-order valence-corrected chi connectivity index (χ4v) is 7.03. The molecule has 0 saturated carbocycles. The molecule has 2 aromatic rings. The standard InChI is InChI=1S/C26H31Cl2N3O7S/c27-19-15-20(28)17-22(16-19)39(35,36)31-7-1-2-24(31)25(32)29-23(26(33)34)14-18-3-5-21(6-4-18)38-13-10-30-8-11-37-12-9-30/h3-6,15-17,23-24H,1-2,7-14H2,(H,29,32)(H,33,34)/t23-,24-/m0/s1. The third-order valence-corrected chi connectivity index (χ3v) is 9.03. The molecule has 2 atom stereocenters. The molecule has 10 nitrogen and oxygen atoms in total. The summed E-state index contributed by atoms with van der Waals surface area (Å²) in [6, 6.07) is 8.69. The minimum Gasteiger partial charge on any atom is -0.492 e. The van der Waals surface area contributed by atoms with Crippen molar-refractivity contribution in [2.45, 2.75) is 36.2 Å². The maximum absolute atomic E-state index is 13.3. The minimum absolute atomic E-state index is 0.0263. The van der Waals surface area contributed by atoms with E-state index in [4.69, 9.17) is 32.7 Å². The second kappa shape index (κ2) is 13.3. The van der Waals surface area contributed by atoms with Crippen LogP contribution >= 0.6 is 23.2 Å². The lowest BCUT2D eigenvalue weighted by atomic mass is 10.1. The van der Waals surface area contributed by atoms with Gasteiger partial charge in [0.2, 0.25) is 15.9 Å². The van der Waals surface area contributed by atoms with E-state index in [-0.39, 0.29) is 34.3 Å². The van der Waals surface area contributed by atoms with Crippen LogP contribution in [0.2, 0.25) is 10.0 Å². The first-order chi connectivity index (χ1) is 18.6. The van der Waals surface area contributed by atoms with E-state index in [0.717, 1.165) is 37.2 Å². The molecule has 1 amide bonds. The number of ether oxygens (including phenoxy) is 2. The highest BCUT2D eigenvalue weighted by Crippen LogP contribution is 2.30. The molecule has 2 aliphatic heterocycles. The molecule has 4 rings (SSSR count). The second-order valence-electron chi connectivity index (χ2n) is 9.43. The molecule has 0 aromatic heterocycles. The number of carbonyl (C=O) groups is 2. The summed E-state index contributed by atoms with van der Waals surface area (Å²) >= 11 is 12.0. The van der Waals surface area contributed by atoms with Crippen LogP contribution in [0, 0.1) is 0 Å². The highest BCUT2D eigenvalue weighted by atomic mass is 35.5. The van der Waals surface area contributed by atoms with E-state index in [1.165, 1.54) is 18.2 Å². The molecule has 39 heavy (non-hydrogen) atoms. The van der Waals surface area contributed by atoms with Crippen molar-refractivity contribution in [3.63, 3.8) is 0 Å². The Labute approximate surface area is 237 Å². The Bertz CT molecular complexity index is 1250. The molecule has 0 spiro atoms. The predicted molar refractivity (Wildman–Crippen MR) is 146 cm³/mol. The average Bonchev–Trinajstić information content (AvgIpc) is 3.41. The molecule has 0 bridgehead atoms. The number of rotatable bonds is 11. The first-order valence-corrected chi connectivity index (χ1v) is 14.9. The molecule has 13 heteroatoms. The van der Waals surface area contributed by atoms with Crippen molar-refractivity contribution in [3.05, 3.63) is 58.1 Å². The fourth-order valence-electron chi connectivity index (χ4n) is 4.65. The van der Waals surface area contributed by atoms with Crippen LogP contribution in [0.3, 0.4) is 0 Å². The zero-order chi connectivity index (χ0) is 28.0. The van der Waals surface area contributed by atoms with Gasteiger partial charge in [0.05, 0.1) is 18.1 Å². The van der Waals surface area contributed by atoms with Crippen molar-refractivity contribution in [1.82, 2.24) is 14.5 Å². The van der Waals surface area contributed by atoms with Crippen LogP contribution in [0.5, 0.6) is 5.75 Å². The van der Waals surface area contributed by atoms with Gasteiger partial charge in [0.25, 0.3) is 0 Å². The topological polar surface area (TPSA) is 125 Å². The van der Waals surface area contributed by atoms with Crippen LogP contribution in [-0.2, 0) is 30.8 Å². The van der Waals surface area contributed by atoms with E-state index in [1.54, 1.807) is 24.3 Å². The Morgan fingerprint density at radius 1 is 1.08 bits per heavy atom. The van der Waals surface area contributed by atoms with Gasteiger partial charge in [-0.2, -0.15) is 4.31 Å². The maximum Gasteiger partial charge on any atom is 0.326 e. The molecular formula is C26H31Cl2N3O7S. The molecule has 2 fully saturated rings. The van der Waals surface area contributed by atoms with Crippen molar-refractivity contribution in [2.24, 2.45) is 0 Å². The third kappa shape index (κ3) is 7.84. The number of nitrogens with zero attached hydrogens (tertiary/aromatic N) is 2. The molecule has 0 radical (unpaired) electrons. The van der Waals surface area contributed by atoms with Gasteiger partial charge in [0.1, 0.15) is 24.4 Å². The van der Waals surface area contributed by atoms with E-state index < -0.39 is 34.0 Å². The zero-order valence-electron chi connectivity index (χ0n) is 21.2. The van der Waals surface area contributed by atoms with Gasteiger partial charge in [-0.1, -0.05) is 35.3 Å². The van der Waals surface area contributed by atoms with Crippen LogP contribution in [0.1, 0.15) is 18.4 Å². The second-order valence-corrected chi connectivity index (χ2v) is 12.2. The first kappa shape index (κ1) is 29.6. The number of halogens is 2. The summed E-state index contributed by atoms with van der Waals surface area (Å²) in [6.07, 6.45) is 0.747. The summed E-state index contributed by atoms with van der Waals surface area (Å²) < 4.78 is 38.7. The monoisotopic (exact) mass is 599 g/mol. The van der Waals surface area contributed by atoms with Crippen LogP contribution < -0.4 is 10.1 Å². The van der Waals surface area contributed by atoms with Crippen molar-refractivity contribution in [1.29, 1.82) is 0 Å². The number of carboxylic acids is 1. The summed E-state index contributed by atoms with van der Waals surface area (Å²) in [4.78, 5) is 27.2. The zero-order valence-corrected chi connectivity index (χ0v) is 23.6. The summed E-state index contributed by atoms with van der Waals surface area (Å²) in [5, 5.41) is 12.6. The van der Waals surface area contributed by atoms with E-state index in [0.29, 0.717) is 24.3 Å². The first-order valence-electron chi connectivity index (χ1n) is 12.7. The van der Waals surface area contributed by atoms with E-state index in [9.17, 15) is 23.1 Å². The van der Waals surface area contributed by atoms with Gasteiger partial charge in [-0.25, -0.2) is 13.2 Å². The van der Waals surface area contributed by atoms with Gasteiger partial charge >= 0.3 is 5.97 Å². The Kier molecular flexibility index (Phi) is 10.1. The van der Waals surface area contributed by atoms with Crippen LogP contribution in [0.25, 0.3) is 0 Å². The molecule has 0 aliphatic carbocycles. The van der Waals surface area contributed by atoms with Gasteiger partial charge < -0.3 is 19.9 Å². The number of nitrogens with one attached hydrogen (secondary N) is 1. The van der Waals surface area contributed by atoms with Gasteiger partial charge in [0, 0.05) is 42.6 Å². The van der Waals surface area contributed by atoms with E-state index in [2.05, 4.69) is 10.2 Å². The van der Waals surface area contributed by atoms with Gasteiger partial charge in [-0.3, -0.25) is 9.69 Å². The molecule has 2 heterocycles. The summed E-state index contributed by atoms with van der Waals surface area (Å²) in [5.41, 5.74) is 0.688. The average molecular weight is 601 g/mol. The molecule has 212 valence electrons. The third-order valence-electron chi connectivity index (χ3n) is 6.71. The highest BCUT2D eigenvalue weighted by Gasteiger charge is 2.40. The SMILES string of the molecule is O=C(O)[C@H](Cc1ccc(OCCN2CCOCC2)cc1)NC(=O)[C@@H]1CCCN1S(=O)(=O)c1cc(Cl)cc(Cl)c1. The summed E-state index contributed by atoms with van der Waals surface area (Å²) in [6.45, 7) is 4.64. The van der Waals surface area contributed by atoms with Crippen molar-refractivity contribution in [2.75, 3.05) is 46.0 Å². The number of carboxylic acid groups (broad SMARTS) is 1. The van der Waals surface area contributed by atoms with Crippen LogP contribution in [-0.4, -0.2) is 92.7 Å². The lowest BCUT2D eigenvalue weighted by Crippen LogP contribution is -2.51. The lowest BCUT2D eigenvalue weighted by molar-refractivity contribution is -0.142. The summed E-state index contributed by atoms with van der Waals surface area (Å²) in [7, 11) is -4.08. The number of hydrogen-bond donors (Lipinski definition) is 2. The van der Waals surface area contributed by atoms with Crippen LogP contribution in [0.4, 0.5) is 0 Å². The van der Waals surface area contributed by atoms with Crippen molar-refractivity contribution < 1.29 is 32.6 Å².